The smallest absolute Gasteiger partial charge is 0.272 e. The van der Waals surface area contributed by atoms with Crippen molar-refractivity contribution in [1.29, 1.82) is 0 Å². The average molecular weight is 203 g/mol. The fourth-order valence-electron chi connectivity index (χ4n) is 1.50. The van der Waals surface area contributed by atoms with Crippen LogP contribution in [0.1, 0.15) is 20.8 Å². The summed E-state index contributed by atoms with van der Waals surface area (Å²) in [4.78, 5) is 0. The molecule has 0 saturated heterocycles. The van der Waals surface area contributed by atoms with Crippen LogP contribution in [0.3, 0.4) is 0 Å². The first-order valence-electron chi connectivity index (χ1n) is 5.19. The zero-order valence-corrected chi connectivity index (χ0v) is 11.2. The van der Waals surface area contributed by atoms with Gasteiger partial charge in [0.1, 0.15) is 0 Å². The Kier molecular flexibility index (Phi) is 6.58. The second-order valence-electron chi connectivity index (χ2n) is 3.57. The lowest BCUT2D eigenvalue weighted by molar-refractivity contribution is 0.352. The van der Waals surface area contributed by atoms with Crippen LogP contribution in [-0.2, 0) is 0 Å². The summed E-state index contributed by atoms with van der Waals surface area (Å²) in [5.74, 6) is 0. The molecule has 0 aliphatic rings. The lowest BCUT2D eigenvalue weighted by atomic mass is 10.8. The van der Waals surface area contributed by atoms with Crippen LogP contribution in [0.5, 0.6) is 0 Å². The van der Waals surface area contributed by atoms with Crippen molar-refractivity contribution in [3.05, 3.63) is 0 Å². The average Bonchev–Trinajstić information content (AvgIpc) is 2.16. The standard InChI is InChI=1S/C9H25N3Si/c1-7-10(4)13(11(5)8-2)12(6)9-3/h13H,7-9H2,1-6H3. The molecule has 0 amide bonds. The van der Waals surface area contributed by atoms with Crippen molar-refractivity contribution in [1.82, 2.24) is 13.7 Å². The largest absolute Gasteiger partial charge is 0.305 e. The molecule has 0 aromatic carbocycles. The van der Waals surface area contributed by atoms with E-state index >= 15 is 0 Å². The Labute approximate surface area is 85.2 Å². The van der Waals surface area contributed by atoms with Crippen LogP contribution in [0.25, 0.3) is 0 Å². The molecule has 13 heavy (non-hydrogen) atoms. The predicted octanol–water partition coefficient (Wildman–Crippen LogP) is 0.559. The predicted molar refractivity (Wildman–Crippen MR) is 62.1 cm³/mol. The summed E-state index contributed by atoms with van der Waals surface area (Å²) in [6.07, 6.45) is 0. The molecule has 0 atom stereocenters. The molecule has 0 bridgehead atoms. The highest BCUT2D eigenvalue weighted by Gasteiger charge is 2.24. The number of hydrogen-bond donors (Lipinski definition) is 0. The third-order valence-corrected chi connectivity index (χ3v) is 6.14. The summed E-state index contributed by atoms with van der Waals surface area (Å²) in [5.41, 5.74) is 0. The molecule has 3 nitrogen and oxygen atoms in total. The summed E-state index contributed by atoms with van der Waals surface area (Å²) >= 11 is 0. The summed E-state index contributed by atoms with van der Waals surface area (Å²) in [5, 5.41) is 0. The maximum atomic E-state index is 2.49. The van der Waals surface area contributed by atoms with Crippen molar-refractivity contribution in [3.63, 3.8) is 0 Å². The van der Waals surface area contributed by atoms with Crippen molar-refractivity contribution in [2.45, 2.75) is 20.8 Å². The first kappa shape index (κ1) is 13.1. The number of hydrogen-bond acceptors (Lipinski definition) is 3. The normalized spacial score (nSPS) is 12.5. The van der Waals surface area contributed by atoms with E-state index < -0.39 is 9.28 Å². The van der Waals surface area contributed by atoms with E-state index in [1.165, 1.54) is 0 Å². The lowest BCUT2D eigenvalue weighted by Crippen LogP contribution is -2.59. The maximum absolute atomic E-state index is 2.49. The van der Waals surface area contributed by atoms with E-state index in [2.05, 4.69) is 55.6 Å². The van der Waals surface area contributed by atoms with Gasteiger partial charge in [-0.25, -0.2) is 0 Å². The highest BCUT2D eigenvalue weighted by molar-refractivity contribution is 6.49. The van der Waals surface area contributed by atoms with Crippen LogP contribution in [0.4, 0.5) is 0 Å². The van der Waals surface area contributed by atoms with Crippen LogP contribution in [-0.4, -0.2) is 63.8 Å². The van der Waals surface area contributed by atoms with E-state index in [-0.39, 0.29) is 0 Å². The van der Waals surface area contributed by atoms with Crippen molar-refractivity contribution in [2.75, 3.05) is 40.8 Å². The van der Waals surface area contributed by atoms with Gasteiger partial charge in [0.2, 0.25) is 0 Å². The lowest BCUT2D eigenvalue weighted by Gasteiger charge is -2.38. The molecule has 0 fully saturated rings. The third kappa shape index (κ3) is 3.77. The molecule has 0 aliphatic heterocycles. The fraction of sp³-hybridized carbons (Fsp3) is 1.00. The molecule has 0 saturated carbocycles. The Morgan fingerprint density at radius 2 is 0.923 bits per heavy atom. The molecule has 0 N–H and O–H groups in total. The van der Waals surface area contributed by atoms with Crippen LogP contribution < -0.4 is 0 Å². The highest BCUT2D eigenvalue weighted by atomic mass is 28.3. The van der Waals surface area contributed by atoms with Crippen molar-refractivity contribution >= 4 is 9.28 Å². The molecular formula is C9H25N3Si. The summed E-state index contributed by atoms with van der Waals surface area (Å²) in [7, 11) is 5.68. The molecule has 0 radical (unpaired) electrons. The molecule has 0 heterocycles. The van der Waals surface area contributed by atoms with E-state index in [0.717, 1.165) is 19.6 Å². The molecule has 4 heteroatoms. The van der Waals surface area contributed by atoms with Gasteiger partial charge >= 0.3 is 0 Å². The third-order valence-electron chi connectivity index (χ3n) is 2.68. The second kappa shape index (κ2) is 6.54. The van der Waals surface area contributed by atoms with Gasteiger partial charge in [-0.1, -0.05) is 20.8 Å². The summed E-state index contributed by atoms with van der Waals surface area (Å²) in [6, 6.07) is 0. The molecule has 80 valence electrons. The number of nitrogens with zero attached hydrogens (tertiary/aromatic N) is 3. The van der Waals surface area contributed by atoms with Crippen molar-refractivity contribution < 1.29 is 0 Å². The summed E-state index contributed by atoms with van der Waals surface area (Å²) < 4.78 is 7.48. The zero-order valence-electron chi connectivity index (χ0n) is 10.0. The molecule has 0 spiro atoms. The van der Waals surface area contributed by atoms with Crippen LogP contribution >= 0.6 is 0 Å². The van der Waals surface area contributed by atoms with E-state index in [0.29, 0.717) is 0 Å². The monoisotopic (exact) mass is 203 g/mol. The van der Waals surface area contributed by atoms with Crippen LogP contribution in [0.2, 0.25) is 0 Å². The van der Waals surface area contributed by atoms with Gasteiger partial charge in [0.25, 0.3) is 9.28 Å². The van der Waals surface area contributed by atoms with Gasteiger partial charge in [-0.2, -0.15) is 0 Å². The molecule has 0 unspecified atom stereocenters. The van der Waals surface area contributed by atoms with Crippen molar-refractivity contribution in [3.8, 4) is 0 Å². The minimum absolute atomic E-state index is 1.02. The second-order valence-corrected chi connectivity index (χ2v) is 6.90. The first-order chi connectivity index (χ1) is 6.08. The molecule has 0 rings (SSSR count). The Bertz CT molecular complexity index is 108. The molecule has 0 aliphatic carbocycles. The van der Waals surface area contributed by atoms with Crippen LogP contribution in [0, 0.1) is 0 Å². The quantitative estimate of drug-likeness (QED) is 0.584. The van der Waals surface area contributed by atoms with E-state index in [1.54, 1.807) is 0 Å². The summed E-state index contributed by atoms with van der Waals surface area (Å²) in [6.45, 7) is 10.1. The van der Waals surface area contributed by atoms with Gasteiger partial charge in [-0.15, -0.1) is 0 Å². The van der Waals surface area contributed by atoms with Gasteiger partial charge in [0, 0.05) is 0 Å². The molecule has 0 aromatic heterocycles. The van der Waals surface area contributed by atoms with Crippen molar-refractivity contribution in [2.24, 2.45) is 0 Å². The van der Waals surface area contributed by atoms with Gasteiger partial charge in [-0.05, 0) is 40.8 Å². The topological polar surface area (TPSA) is 9.72 Å². The van der Waals surface area contributed by atoms with Gasteiger partial charge in [0.15, 0.2) is 0 Å². The molecule has 0 aromatic rings. The first-order valence-corrected chi connectivity index (χ1v) is 6.74. The Morgan fingerprint density at radius 3 is 1.08 bits per heavy atom. The van der Waals surface area contributed by atoms with Gasteiger partial charge in [0.05, 0.1) is 0 Å². The highest BCUT2D eigenvalue weighted by Crippen LogP contribution is 2.01. The SMILES string of the molecule is CCN(C)[SiH](N(C)CC)N(C)CC. The Balaban J connectivity index is 4.34. The zero-order chi connectivity index (χ0) is 10.4. The fourth-order valence-corrected chi connectivity index (χ4v) is 4.50. The maximum Gasteiger partial charge on any atom is 0.272 e. The Hall–Kier alpha value is 0.0969. The van der Waals surface area contributed by atoms with Crippen LogP contribution in [0.15, 0.2) is 0 Å². The number of rotatable bonds is 6. The minimum Gasteiger partial charge on any atom is -0.305 e. The van der Waals surface area contributed by atoms with Gasteiger partial charge in [-0.3, -0.25) is 0 Å². The van der Waals surface area contributed by atoms with E-state index in [9.17, 15) is 0 Å². The van der Waals surface area contributed by atoms with E-state index in [4.69, 9.17) is 0 Å². The molecular weight excluding hydrogens is 178 g/mol. The Morgan fingerprint density at radius 1 is 0.692 bits per heavy atom. The minimum atomic E-state index is -1.02. The van der Waals surface area contributed by atoms with Gasteiger partial charge < -0.3 is 13.7 Å². The van der Waals surface area contributed by atoms with E-state index in [1.807, 2.05) is 0 Å².